The Bertz CT molecular complexity index is 1720. The molecule has 1 unspecified atom stereocenters. The number of ether oxygens (including phenoxy) is 3. The van der Waals surface area contributed by atoms with E-state index < -0.39 is 12.1 Å². The van der Waals surface area contributed by atoms with E-state index >= 15 is 0 Å². The van der Waals surface area contributed by atoms with Gasteiger partial charge < -0.3 is 14.2 Å². The second kappa shape index (κ2) is 50.6. The second-order valence-electron chi connectivity index (χ2n) is 14.6. The molecule has 0 aliphatic rings. The largest absolute Gasteiger partial charge is 0.462 e. The first-order valence-corrected chi connectivity index (χ1v) is 23.8. The zero-order chi connectivity index (χ0) is 47.2. The number of unbranched alkanes of at least 4 members (excludes halogenated alkanes) is 7. The number of hydrogen-bond donors (Lipinski definition) is 0. The third kappa shape index (κ3) is 48.9. The van der Waals surface area contributed by atoms with E-state index in [1.165, 1.54) is 0 Å². The van der Waals surface area contributed by atoms with Gasteiger partial charge in [-0.25, -0.2) is 0 Å². The Morgan fingerprint density at radius 2 is 0.569 bits per heavy atom. The van der Waals surface area contributed by atoms with Crippen molar-refractivity contribution in [3.8, 4) is 0 Å². The summed E-state index contributed by atoms with van der Waals surface area (Å²) in [6.45, 7) is 6.00. The maximum Gasteiger partial charge on any atom is 0.306 e. The first kappa shape index (κ1) is 59.0. The van der Waals surface area contributed by atoms with Crippen molar-refractivity contribution >= 4 is 17.9 Å². The highest BCUT2D eigenvalue weighted by Crippen LogP contribution is 2.10. The highest BCUT2D eigenvalue weighted by molar-refractivity contribution is 5.71. The molecule has 1 atom stereocenters. The summed E-state index contributed by atoms with van der Waals surface area (Å²) in [5.74, 6) is -1.14. The van der Waals surface area contributed by atoms with Gasteiger partial charge in [-0.3, -0.25) is 14.4 Å². The number of rotatable bonds is 38. The predicted octanol–water partition coefficient (Wildman–Crippen LogP) is 15.7. The van der Waals surface area contributed by atoms with Crippen molar-refractivity contribution < 1.29 is 28.6 Å². The molecule has 0 aromatic rings. The van der Waals surface area contributed by atoms with Crippen molar-refractivity contribution in [2.24, 2.45) is 0 Å². The fourth-order valence-corrected chi connectivity index (χ4v) is 5.24. The Balaban J connectivity index is 4.75. The molecule has 0 fully saturated rings. The molecule has 0 rings (SSSR count). The lowest BCUT2D eigenvalue weighted by Gasteiger charge is -2.18. The molecule has 0 N–H and O–H groups in total. The first-order chi connectivity index (χ1) is 32.0. The normalized spacial score (nSPS) is 14.0. The summed E-state index contributed by atoms with van der Waals surface area (Å²) in [7, 11) is 0. The minimum atomic E-state index is -0.862. The van der Waals surface area contributed by atoms with Gasteiger partial charge in [0.2, 0.25) is 0 Å². The average molecular weight is 885 g/mol. The van der Waals surface area contributed by atoms with Crippen LogP contribution in [0.1, 0.15) is 124 Å². The molecule has 0 aromatic heterocycles. The average Bonchev–Trinajstić information content (AvgIpc) is 3.30. The summed E-state index contributed by atoms with van der Waals surface area (Å²) < 4.78 is 16.6. The smallest absolute Gasteiger partial charge is 0.306 e. The Kier molecular flexibility index (Phi) is 46.0. The second-order valence-corrected chi connectivity index (χ2v) is 14.6. The van der Waals surface area contributed by atoms with Crippen molar-refractivity contribution in [2.75, 3.05) is 13.2 Å². The molecule has 6 nitrogen and oxygen atoms in total. The van der Waals surface area contributed by atoms with Crippen LogP contribution in [-0.4, -0.2) is 37.2 Å². The highest BCUT2D eigenvalue weighted by Gasteiger charge is 2.19. The van der Waals surface area contributed by atoms with Gasteiger partial charge in [-0.05, 0) is 70.6 Å². The summed E-state index contributed by atoms with van der Waals surface area (Å²) >= 11 is 0. The van der Waals surface area contributed by atoms with Crippen LogP contribution in [0.4, 0.5) is 0 Å². The van der Waals surface area contributed by atoms with Crippen LogP contribution in [-0.2, 0) is 28.6 Å². The van der Waals surface area contributed by atoms with Gasteiger partial charge in [-0.15, -0.1) is 0 Å². The van der Waals surface area contributed by atoms with Gasteiger partial charge in [0.1, 0.15) is 13.2 Å². The molecule has 0 aromatic carbocycles. The Labute approximate surface area is 394 Å². The van der Waals surface area contributed by atoms with Crippen LogP contribution in [0.3, 0.4) is 0 Å². The lowest BCUT2D eigenvalue weighted by Crippen LogP contribution is -2.30. The number of hydrogen-bond acceptors (Lipinski definition) is 6. The van der Waals surface area contributed by atoms with E-state index in [2.05, 4.69) is 51.2 Å². The standard InChI is InChI=1S/C59H80O6/c1-4-7-10-13-16-19-22-25-27-29-31-34-37-40-43-46-49-52-58(61)64-55-56(54-63-57(60)51-48-45-42-39-36-33-24-21-18-15-12-9-6-3)65-59(62)53-50-47-44-41-38-35-32-30-28-26-23-20-17-14-11-8-5-2/h7-39,42,56H,4-6,40-41,43-55H2,1-3H3/b10-7-,11-8-,12-9-,16-13-,17-14-,18-15-,22-19-,23-20-,24-21-,27-25-,28-26-,31-29+,32-30+,36-33-,37-34-,38-35-,42-39-. The molecule has 0 saturated heterocycles. The summed E-state index contributed by atoms with van der Waals surface area (Å²) in [4.78, 5) is 37.9. The molecule has 0 bridgehead atoms. The molecule has 0 radical (unpaired) electrons. The summed E-state index contributed by atoms with van der Waals surface area (Å²) in [6, 6.07) is 0. The van der Waals surface area contributed by atoms with Crippen LogP contribution in [0.15, 0.2) is 207 Å². The van der Waals surface area contributed by atoms with Crippen LogP contribution in [0.2, 0.25) is 0 Å². The van der Waals surface area contributed by atoms with Gasteiger partial charge in [0, 0.05) is 19.3 Å². The van der Waals surface area contributed by atoms with Crippen LogP contribution < -0.4 is 0 Å². The molecule has 0 aliphatic heterocycles. The maximum atomic E-state index is 12.8. The van der Waals surface area contributed by atoms with E-state index in [0.29, 0.717) is 19.3 Å². The molecule has 0 saturated carbocycles. The number of carbonyl (C=O) groups is 3. The minimum absolute atomic E-state index is 0.156. The van der Waals surface area contributed by atoms with Gasteiger partial charge >= 0.3 is 17.9 Å². The van der Waals surface area contributed by atoms with Gasteiger partial charge in [-0.1, -0.05) is 240 Å². The Morgan fingerprint density at radius 3 is 0.892 bits per heavy atom. The molecular weight excluding hydrogens is 805 g/mol. The number of allylic oxidation sites excluding steroid dienone is 34. The van der Waals surface area contributed by atoms with Crippen molar-refractivity contribution in [1.82, 2.24) is 0 Å². The minimum Gasteiger partial charge on any atom is -0.462 e. The third-order valence-corrected chi connectivity index (χ3v) is 8.71. The van der Waals surface area contributed by atoms with Crippen molar-refractivity contribution in [1.29, 1.82) is 0 Å². The summed E-state index contributed by atoms with van der Waals surface area (Å²) in [5.41, 5.74) is 0. The molecular formula is C59H80O6. The molecule has 352 valence electrons. The highest BCUT2D eigenvalue weighted by atomic mass is 16.6. The monoisotopic (exact) mass is 885 g/mol. The van der Waals surface area contributed by atoms with E-state index in [0.717, 1.165) is 64.2 Å². The van der Waals surface area contributed by atoms with Crippen molar-refractivity contribution in [2.45, 2.75) is 130 Å². The summed E-state index contributed by atoms with van der Waals surface area (Å²) in [5, 5.41) is 0. The quantitative estimate of drug-likeness (QED) is 0.0266. The van der Waals surface area contributed by atoms with Crippen LogP contribution in [0.5, 0.6) is 0 Å². The fraction of sp³-hybridized carbons (Fsp3) is 0.373. The van der Waals surface area contributed by atoms with E-state index in [9.17, 15) is 14.4 Å². The lowest BCUT2D eigenvalue weighted by atomic mass is 10.1. The summed E-state index contributed by atoms with van der Waals surface area (Å²) in [6.07, 6.45) is 79.5. The first-order valence-electron chi connectivity index (χ1n) is 23.8. The van der Waals surface area contributed by atoms with Crippen LogP contribution in [0.25, 0.3) is 0 Å². The lowest BCUT2D eigenvalue weighted by molar-refractivity contribution is -0.167. The molecule has 6 heteroatoms. The van der Waals surface area contributed by atoms with E-state index in [1.807, 2.05) is 176 Å². The van der Waals surface area contributed by atoms with E-state index in [-0.39, 0.29) is 44.4 Å². The van der Waals surface area contributed by atoms with E-state index in [4.69, 9.17) is 14.2 Å². The SMILES string of the molecule is CC\C=C/C=C\C=C/C=C\C=C/CCCC(=O)OCC(COC(=O)CCCCC\C=C/C=C/C=C\C=C/C=C\C=C/CC)OC(=O)CCCCC\C=C/C=C/C=C\C=C/C=C\C=C/CC. The van der Waals surface area contributed by atoms with Gasteiger partial charge in [0.05, 0.1) is 0 Å². The number of esters is 3. The molecule has 0 heterocycles. The van der Waals surface area contributed by atoms with Crippen molar-refractivity contribution in [3.63, 3.8) is 0 Å². The van der Waals surface area contributed by atoms with Crippen LogP contribution >= 0.6 is 0 Å². The topological polar surface area (TPSA) is 78.9 Å². The van der Waals surface area contributed by atoms with Gasteiger partial charge in [0.15, 0.2) is 6.10 Å². The Hall–Kier alpha value is -6.01. The zero-order valence-electron chi connectivity index (χ0n) is 39.9. The molecule has 0 amide bonds. The predicted molar refractivity (Wildman–Crippen MR) is 278 cm³/mol. The van der Waals surface area contributed by atoms with Crippen molar-refractivity contribution in [3.05, 3.63) is 207 Å². The van der Waals surface area contributed by atoms with Gasteiger partial charge in [0.25, 0.3) is 0 Å². The van der Waals surface area contributed by atoms with Gasteiger partial charge in [-0.2, -0.15) is 0 Å². The van der Waals surface area contributed by atoms with Crippen LogP contribution in [0, 0.1) is 0 Å². The number of carbonyl (C=O) groups excluding carboxylic acids is 3. The Morgan fingerprint density at radius 1 is 0.308 bits per heavy atom. The molecule has 0 aliphatic carbocycles. The molecule has 0 spiro atoms. The molecule has 65 heavy (non-hydrogen) atoms. The third-order valence-electron chi connectivity index (χ3n) is 8.71. The van der Waals surface area contributed by atoms with E-state index in [1.54, 1.807) is 0 Å². The maximum absolute atomic E-state index is 12.8. The zero-order valence-corrected chi connectivity index (χ0v) is 39.9. The fourth-order valence-electron chi connectivity index (χ4n) is 5.24.